The van der Waals surface area contributed by atoms with E-state index < -0.39 is 23.8 Å². The van der Waals surface area contributed by atoms with Gasteiger partial charge in [-0.05, 0) is 13.8 Å². The van der Waals surface area contributed by atoms with Crippen LogP contribution in [0.3, 0.4) is 0 Å². The predicted molar refractivity (Wildman–Crippen MR) is 51.0 cm³/mol. The Hall–Kier alpha value is -1.59. The molecule has 6 nitrogen and oxygen atoms in total. The number of hydrogen-bond donors (Lipinski definition) is 2. The molecule has 2 amide bonds. The summed E-state index contributed by atoms with van der Waals surface area (Å²) in [5, 5.41) is 11.1. The molecule has 15 heavy (non-hydrogen) atoms. The van der Waals surface area contributed by atoms with Crippen LogP contribution in [-0.2, 0) is 14.4 Å². The molecule has 2 unspecified atom stereocenters. The van der Waals surface area contributed by atoms with Crippen LogP contribution in [0.1, 0.15) is 20.3 Å². The minimum absolute atomic E-state index is 0.149. The van der Waals surface area contributed by atoms with Gasteiger partial charge in [0.2, 0.25) is 0 Å². The quantitative estimate of drug-likeness (QED) is 0.602. The zero-order chi connectivity index (χ0) is 11.6. The number of rotatable bonds is 3. The Morgan fingerprint density at radius 3 is 2.80 bits per heavy atom. The fraction of sp³-hybridized carbons (Fsp3) is 0.667. The minimum Gasteiger partial charge on any atom is -0.481 e. The molecule has 0 aliphatic carbocycles. The summed E-state index contributed by atoms with van der Waals surface area (Å²) in [6.07, 6.45) is -0.149. The highest BCUT2D eigenvalue weighted by atomic mass is 16.4. The molecule has 0 aromatic rings. The van der Waals surface area contributed by atoms with Crippen molar-refractivity contribution in [1.82, 2.24) is 10.2 Å². The Morgan fingerprint density at radius 1 is 1.67 bits per heavy atom. The molecule has 84 valence electrons. The molecule has 0 saturated carbocycles. The van der Waals surface area contributed by atoms with Crippen molar-refractivity contribution in [3.8, 4) is 0 Å². The predicted octanol–water partition coefficient (Wildman–Crippen LogP) is -0.803. The van der Waals surface area contributed by atoms with Gasteiger partial charge in [-0.3, -0.25) is 14.4 Å². The zero-order valence-electron chi connectivity index (χ0n) is 8.69. The second-order valence-electron chi connectivity index (χ2n) is 3.72. The number of hydrogen-bond acceptors (Lipinski definition) is 3. The van der Waals surface area contributed by atoms with E-state index in [4.69, 9.17) is 5.11 Å². The van der Waals surface area contributed by atoms with Gasteiger partial charge in [-0.25, -0.2) is 0 Å². The number of carboxylic acids is 1. The largest absolute Gasteiger partial charge is 0.481 e. The zero-order valence-corrected chi connectivity index (χ0v) is 8.69. The molecule has 1 saturated heterocycles. The molecule has 1 aliphatic rings. The smallest absolute Gasteiger partial charge is 0.312 e. The van der Waals surface area contributed by atoms with Gasteiger partial charge >= 0.3 is 17.8 Å². The summed E-state index contributed by atoms with van der Waals surface area (Å²) in [6, 6.07) is -0.624. The number of nitrogens with zero attached hydrogens (tertiary/aromatic N) is 1. The average Bonchev–Trinajstić information content (AvgIpc) is 2.11. The van der Waals surface area contributed by atoms with Crippen LogP contribution in [0.5, 0.6) is 0 Å². The van der Waals surface area contributed by atoms with Crippen LogP contribution in [-0.4, -0.2) is 46.4 Å². The van der Waals surface area contributed by atoms with Crippen molar-refractivity contribution in [3.63, 3.8) is 0 Å². The van der Waals surface area contributed by atoms with Crippen LogP contribution in [0.15, 0.2) is 0 Å². The first-order valence-electron chi connectivity index (χ1n) is 4.75. The summed E-state index contributed by atoms with van der Waals surface area (Å²) in [4.78, 5) is 34.4. The lowest BCUT2D eigenvalue weighted by atomic mass is 10.1. The van der Waals surface area contributed by atoms with E-state index >= 15 is 0 Å². The van der Waals surface area contributed by atoms with Crippen molar-refractivity contribution in [2.45, 2.75) is 32.4 Å². The van der Waals surface area contributed by atoms with Crippen molar-refractivity contribution in [1.29, 1.82) is 0 Å². The molecule has 1 aliphatic heterocycles. The van der Waals surface area contributed by atoms with Crippen molar-refractivity contribution >= 4 is 17.8 Å². The minimum atomic E-state index is -0.978. The van der Waals surface area contributed by atoms with E-state index in [0.29, 0.717) is 6.54 Å². The number of carbonyl (C=O) groups excluding carboxylic acids is 2. The summed E-state index contributed by atoms with van der Waals surface area (Å²) >= 11 is 0. The fourth-order valence-corrected chi connectivity index (χ4v) is 1.72. The molecular formula is C9H14N2O4. The lowest BCUT2D eigenvalue weighted by Gasteiger charge is -2.36. The lowest BCUT2D eigenvalue weighted by Crippen LogP contribution is -2.59. The van der Waals surface area contributed by atoms with Gasteiger partial charge in [-0.2, -0.15) is 0 Å². The monoisotopic (exact) mass is 214 g/mol. The third-order valence-electron chi connectivity index (χ3n) is 2.41. The number of nitrogens with one attached hydrogen (secondary N) is 1. The third-order valence-corrected chi connectivity index (χ3v) is 2.41. The Balaban J connectivity index is 2.75. The second-order valence-corrected chi connectivity index (χ2v) is 3.72. The van der Waals surface area contributed by atoms with Crippen molar-refractivity contribution in [2.24, 2.45) is 0 Å². The van der Waals surface area contributed by atoms with Gasteiger partial charge in [0.25, 0.3) is 0 Å². The van der Waals surface area contributed by atoms with E-state index in [1.165, 1.54) is 4.90 Å². The Bertz CT molecular complexity index is 302. The molecule has 1 fully saturated rings. The number of aliphatic carboxylic acids is 1. The van der Waals surface area contributed by atoms with E-state index in [1.54, 1.807) is 13.8 Å². The van der Waals surface area contributed by atoms with Gasteiger partial charge < -0.3 is 15.3 Å². The molecule has 0 radical (unpaired) electrons. The maximum atomic E-state index is 11.5. The van der Waals surface area contributed by atoms with Crippen LogP contribution >= 0.6 is 0 Å². The molecule has 6 heteroatoms. The fourth-order valence-electron chi connectivity index (χ4n) is 1.72. The number of carbonyl (C=O) groups is 3. The van der Waals surface area contributed by atoms with Gasteiger partial charge in [0.05, 0.1) is 6.42 Å². The number of amides is 2. The molecule has 0 bridgehead atoms. The van der Waals surface area contributed by atoms with Crippen LogP contribution in [0, 0.1) is 0 Å². The van der Waals surface area contributed by atoms with Gasteiger partial charge in [-0.15, -0.1) is 0 Å². The summed E-state index contributed by atoms with van der Waals surface area (Å²) in [5.41, 5.74) is 0. The van der Waals surface area contributed by atoms with E-state index in [-0.39, 0.29) is 12.5 Å². The Labute approximate surface area is 87.2 Å². The van der Waals surface area contributed by atoms with Gasteiger partial charge in [0.1, 0.15) is 0 Å². The van der Waals surface area contributed by atoms with Gasteiger partial charge in [-0.1, -0.05) is 0 Å². The average molecular weight is 214 g/mol. The van der Waals surface area contributed by atoms with Crippen LogP contribution in [0.4, 0.5) is 0 Å². The molecule has 0 aromatic heterocycles. The SMILES string of the molecule is CC1CNC(=O)C(=O)N1C(C)CC(=O)O. The summed E-state index contributed by atoms with van der Waals surface area (Å²) in [5.74, 6) is -2.29. The number of carboxylic acid groups (broad SMARTS) is 1. The first-order chi connectivity index (χ1) is 6.93. The summed E-state index contributed by atoms with van der Waals surface area (Å²) < 4.78 is 0. The van der Waals surface area contributed by atoms with Crippen LogP contribution in [0.2, 0.25) is 0 Å². The topological polar surface area (TPSA) is 86.7 Å². The van der Waals surface area contributed by atoms with E-state index in [1.807, 2.05) is 0 Å². The van der Waals surface area contributed by atoms with E-state index in [0.717, 1.165) is 0 Å². The normalized spacial score (nSPS) is 23.6. The van der Waals surface area contributed by atoms with E-state index in [2.05, 4.69) is 5.32 Å². The molecule has 2 atom stereocenters. The second kappa shape index (κ2) is 4.29. The highest BCUT2D eigenvalue weighted by molar-refractivity contribution is 6.35. The molecule has 2 N–H and O–H groups in total. The van der Waals surface area contributed by atoms with Crippen molar-refractivity contribution in [2.75, 3.05) is 6.54 Å². The third kappa shape index (κ3) is 2.45. The van der Waals surface area contributed by atoms with Crippen LogP contribution in [0.25, 0.3) is 0 Å². The number of piperazine rings is 1. The highest BCUT2D eigenvalue weighted by Crippen LogP contribution is 2.12. The lowest BCUT2D eigenvalue weighted by molar-refractivity contribution is -0.153. The van der Waals surface area contributed by atoms with Gasteiger partial charge in [0.15, 0.2) is 0 Å². The van der Waals surface area contributed by atoms with Crippen molar-refractivity contribution < 1.29 is 19.5 Å². The molecule has 0 aromatic carbocycles. The first-order valence-corrected chi connectivity index (χ1v) is 4.75. The van der Waals surface area contributed by atoms with Crippen LogP contribution < -0.4 is 5.32 Å². The Kier molecular flexibility index (Phi) is 3.28. The Morgan fingerprint density at radius 2 is 2.27 bits per heavy atom. The van der Waals surface area contributed by atoms with E-state index in [9.17, 15) is 14.4 Å². The highest BCUT2D eigenvalue weighted by Gasteiger charge is 2.35. The summed E-state index contributed by atoms with van der Waals surface area (Å²) in [7, 11) is 0. The van der Waals surface area contributed by atoms with Gasteiger partial charge in [0, 0.05) is 18.6 Å². The molecule has 1 rings (SSSR count). The maximum Gasteiger partial charge on any atom is 0.312 e. The molecular weight excluding hydrogens is 200 g/mol. The maximum absolute atomic E-state index is 11.5. The summed E-state index contributed by atoms with van der Waals surface area (Å²) in [6.45, 7) is 3.77. The standard InChI is InChI=1S/C9H14N2O4/c1-5(3-7(12)13)11-6(2)4-10-8(14)9(11)15/h5-6H,3-4H2,1-2H3,(H,10,14)(H,12,13). The van der Waals surface area contributed by atoms with Crippen molar-refractivity contribution in [3.05, 3.63) is 0 Å². The molecule has 0 spiro atoms. The molecule has 1 heterocycles. The first kappa shape index (κ1) is 11.5.